The van der Waals surface area contributed by atoms with Crippen molar-refractivity contribution in [2.45, 2.75) is 11.7 Å². The largest absolute Gasteiger partial charge is 0.500 e. The van der Waals surface area contributed by atoms with Crippen LogP contribution < -0.4 is 0 Å². The first-order valence-corrected chi connectivity index (χ1v) is 8.53. The van der Waals surface area contributed by atoms with Gasteiger partial charge in [-0.3, -0.25) is 4.90 Å². The van der Waals surface area contributed by atoms with Crippen LogP contribution in [0.5, 0.6) is 0 Å². The Morgan fingerprint density at radius 2 is 1.83 bits per heavy atom. The molecule has 1 unspecified atom stereocenters. The molecule has 0 bridgehead atoms. The Hall–Kier alpha value is -1.46. The average Bonchev–Trinajstić information content (AvgIpc) is 2.48. The second kappa shape index (κ2) is 6.57. The summed E-state index contributed by atoms with van der Waals surface area (Å²) in [7, 11) is -1.41. The lowest BCUT2D eigenvalue weighted by Gasteiger charge is -2.35. The molecule has 130 valence electrons. The van der Waals surface area contributed by atoms with Crippen molar-refractivity contribution in [3.63, 3.8) is 0 Å². The molecule has 8 nitrogen and oxygen atoms in total. The SMILES string of the molecule is CN1C(=O)C(S(=O)(=O)N2CCN(CC(F)F)CC2)C=[N+](C)C1=O. The molecule has 0 aromatic heterocycles. The van der Waals surface area contributed by atoms with Crippen LogP contribution in [-0.4, -0.2) is 104 Å². The van der Waals surface area contributed by atoms with Crippen molar-refractivity contribution in [3.8, 4) is 0 Å². The summed E-state index contributed by atoms with van der Waals surface area (Å²) in [6, 6.07) is -0.608. The van der Waals surface area contributed by atoms with Gasteiger partial charge in [-0.1, -0.05) is 0 Å². The number of hydrogen-bond acceptors (Lipinski definition) is 5. The lowest BCUT2D eigenvalue weighted by Crippen LogP contribution is -2.59. The smallest absolute Gasteiger partial charge is 0.295 e. The Labute approximate surface area is 133 Å². The van der Waals surface area contributed by atoms with Gasteiger partial charge in [-0.2, -0.15) is 14.0 Å². The number of piperazine rings is 1. The van der Waals surface area contributed by atoms with Crippen molar-refractivity contribution < 1.29 is 31.4 Å². The maximum atomic E-state index is 12.6. The first-order valence-electron chi connectivity index (χ1n) is 7.03. The Morgan fingerprint density at radius 3 is 2.35 bits per heavy atom. The maximum Gasteiger partial charge on any atom is 0.500 e. The zero-order chi connectivity index (χ0) is 17.4. The van der Waals surface area contributed by atoms with Crippen LogP contribution in [0.25, 0.3) is 0 Å². The summed E-state index contributed by atoms with van der Waals surface area (Å²) in [4.78, 5) is 26.0. The highest BCUT2D eigenvalue weighted by Crippen LogP contribution is 2.16. The van der Waals surface area contributed by atoms with Gasteiger partial charge in [-0.05, 0) is 0 Å². The van der Waals surface area contributed by atoms with Crippen LogP contribution in [0.4, 0.5) is 13.6 Å². The van der Waals surface area contributed by atoms with E-state index in [1.807, 2.05) is 0 Å². The molecule has 0 aromatic carbocycles. The molecule has 2 rings (SSSR count). The van der Waals surface area contributed by atoms with E-state index in [1.165, 1.54) is 19.0 Å². The molecule has 3 amide bonds. The zero-order valence-electron chi connectivity index (χ0n) is 12.9. The molecule has 0 radical (unpaired) electrons. The van der Waals surface area contributed by atoms with Crippen LogP contribution in [0.15, 0.2) is 0 Å². The lowest BCUT2D eigenvalue weighted by atomic mass is 10.3. The predicted octanol–water partition coefficient (Wildman–Crippen LogP) is -1.13. The molecule has 2 aliphatic rings. The van der Waals surface area contributed by atoms with Gasteiger partial charge in [0.05, 0.1) is 20.6 Å². The average molecular weight is 353 g/mol. The van der Waals surface area contributed by atoms with E-state index in [-0.39, 0.29) is 26.2 Å². The molecule has 1 fully saturated rings. The predicted molar refractivity (Wildman–Crippen MR) is 77.1 cm³/mol. The lowest BCUT2D eigenvalue weighted by molar-refractivity contribution is -0.399. The highest BCUT2D eigenvalue weighted by atomic mass is 32.2. The molecule has 23 heavy (non-hydrogen) atoms. The second-order valence-corrected chi connectivity index (χ2v) is 7.55. The van der Waals surface area contributed by atoms with E-state index in [2.05, 4.69) is 0 Å². The summed E-state index contributed by atoms with van der Waals surface area (Å²) in [5.41, 5.74) is 0. The van der Waals surface area contributed by atoms with Crippen LogP contribution in [0.1, 0.15) is 0 Å². The number of rotatable bonds is 4. The van der Waals surface area contributed by atoms with Crippen molar-refractivity contribution in [1.82, 2.24) is 14.1 Å². The summed E-state index contributed by atoms with van der Waals surface area (Å²) >= 11 is 0. The number of hydrogen-bond donors (Lipinski definition) is 0. The first-order chi connectivity index (χ1) is 10.6. The standard InChI is InChI=1S/C12H19F2N4O4S/c1-15-7-9(11(19)16(2)12(15)20)23(21,22)18-5-3-17(4-6-18)8-10(13)14/h7,9-10H,3-6,8H2,1-2H3/q+1. The van der Waals surface area contributed by atoms with Gasteiger partial charge in [0, 0.05) is 26.2 Å². The van der Waals surface area contributed by atoms with Gasteiger partial charge in [0.25, 0.3) is 6.43 Å². The molecule has 0 aliphatic carbocycles. The fourth-order valence-corrected chi connectivity index (χ4v) is 4.32. The topological polar surface area (TPSA) is 81.0 Å². The molecule has 0 N–H and O–H groups in total. The van der Waals surface area contributed by atoms with Gasteiger partial charge in [0.15, 0.2) is 0 Å². The highest BCUT2D eigenvalue weighted by Gasteiger charge is 2.48. The van der Waals surface area contributed by atoms with Crippen LogP contribution in [0.3, 0.4) is 0 Å². The second-order valence-electron chi connectivity index (χ2n) is 5.50. The Kier molecular flexibility index (Phi) is 5.11. The molecule has 0 aromatic rings. The first kappa shape index (κ1) is 17.9. The summed E-state index contributed by atoms with van der Waals surface area (Å²) < 4.78 is 52.1. The molecule has 0 spiro atoms. The molecular formula is C12H19F2N4O4S+. The number of carbonyl (C=O) groups excluding carboxylic acids is 2. The van der Waals surface area contributed by atoms with Crippen LogP contribution in [-0.2, 0) is 14.8 Å². The number of alkyl halides is 2. The third-order valence-corrected chi connectivity index (χ3v) is 5.98. The maximum absolute atomic E-state index is 12.6. The summed E-state index contributed by atoms with van der Waals surface area (Å²) in [6.07, 6.45) is -1.40. The van der Waals surface area contributed by atoms with E-state index in [1.54, 1.807) is 0 Å². The van der Waals surface area contributed by atoms with Crippen molar-refractivity contribution >= 4 is 28.2 Å². The minimum absolute atomic E-state index is 0.0358. The Morgan fingerprint density at radius 1 is 1.26 bits per heavy atom. The van der Waals surface area contributed by atoms with Crippen molar-refractivity contribution in [2.75, 3.05) is 46.8 Å². The fourth-order valence-electron chi connectivity index (χ4n) is 2.58. The van der Waals surface area contributed by atoms with E-state index in [0.29, 0.717) is 0 Å². The number of nitrogens with zero attached hydrogens (tertiary/aromatic N) is 4. The third kappa shape index (κ3) is 3.56. The number of sulfonamides is 1. The number of halogens is 2. The number of imide groups is 1. The van der Waals surface area contributed by atoms with Gasteiger partial charge in [0.1, 0.15) is 6.21 Å². The number of amides is 3. The molecule has 1 saturated heterocycles. The van der Waals surface area contributed by atoms with E-state index in [0.717, 1.165) is 20.0 Å². The third-order valence-electron chi connectivity index (χ3n) is 3.93. The molecule has 1 atom stereocenters. The van der Waals surface area contributed by atoms with Gasteiger partial charge in [-0.15, -0.1) is 0 Å². The van der Waals surface area contributed by atoms with E-state index in [4.69, 9.17) is 0 Å². The molecule has 2 heterocycles. The van der Waals surface area contributed by atoms with E-state index < -0.39 is 40.2 Å². The minimum atomic E-state index is -4.00. The minimum Gasteiger partial charge on any atom is -0.295 e. The normalized spacial score (nSPS) is 25.2. The molecular weight excluding hydrogens is 334 g/mol. The number of carbonyl (C=O) groups is 2. The van der Waals surface area contributed by atoms with E-state index >= 15 is 0 Å². The van der Waals surface area contributed by atoms with E-state index in [9.17, 15) is 26.8 Å². The van der Waals surface area contributed by atoms with Gasteiger partial charge < -0.3 is 0 Å². The summed E-state index contributed by atoms with van der Waals surface area (Å²) in [6.45, 7) is 0.0224. The summed E-state index contributed by atoms with van der Waals surface area (Å²) in [5.74, 6) is -0.817. The molecule has 11 heteroatoms. The van der Waals surface area contributed by atoms with Crippen LogP contribution >= 0.6 is 0 Å². The van der Waals surface area contributed by atoms with Crippen molar-refractivity contribution in [2.24, 2.45) is 0 Å². The van der Waals surface area contributed by atoms with Crippen LogP contribution in [0, 0.1) is 0 Å². The van der Waals surface area contributed by atoms with Crippen molar-refractivity contribution in [1.29, 1.82) is 0 Å². The quantitative estimate of drug-likeness (QED) is 0.598. The zero-order valence-corrected chi connectivity index (χ0v) is 13.7. The Balaban J connectivity index is 2.14. The fraction of sp³-hybridized carbons (Fsp3) is 0.750. The molecule has 0 saturated carbocycles. The van der Waals surface area contributed by atoms with Gasteiger partial charge >= 0.3 is 11.9 Å². The Bertz CT molecular complexity index is 629. The van der Waals surface area contributed by atoms with Gasteiger partial charge in [-0.25, -0.2) is 26.6 Å². The molecule has 2 aliphatic heterocycles. The summed E-state index contributed by atoms with van der Waals surface area (Å²) in [5, 5.41) is -1.48. The van der Waals surface area contributed by atoms with Gasteiger partial charge in [0.2, 0.25) is 15.3 Å². The van der Waals surface area contributed by atoms with Crippen molar-refractivity contribution in [3.05, 3.63) is 0 Å². The van der Waals surface area contributed by atoms with Crippen LogP contribution in [0.2, 0.25) is 0 Å². The number of urea groups is 1. The monoisotopic (exact) mass is 353 g/mol. The highest BCUT2D eigenvalue weighted by molar-refractivity contribution is 7.91.